The molecule has 0 saturated heterocycles. The molecule has 0 bridgehead atoms. The number of aliphatic hydroxyl groups excluding tert-OH is 1. The molecule has 3 rings (SSSR count). The van der Waals surface area contributed by atoms with Crippen LogP contribution in [0, 0.1) is 17.0 Å². The quantitative estimate of drug-likeness (QED) is 0.679. The van der Waals surface area contributed by atoms with Crippen LogP contribution < -0.4 is 0 Å². The standard InChI is InChI=1S/C14H14N2O3S/c1-8-5-6-9(16(18)19)7-10(8)14-15-13-11(17)3-2-4-12(13)20-14/h5-7,11,17H,2-4H2,1H3. The lowest BCUT2D eigenvalue weighted by atomic mass is 10.0. The Morgan fingerprint density at radius 3 is 3.00 bits per heavy atom. The number of nitro groups is 1. The highest BCUT2D eigenvalue weighted by atomic mass is 32.1. The molecule has 1 aromatic heterocycles. The van der Waals surface area contributed by atoms with Crippen LogP contribution >= 0.6 is 11.3 Å². The van der Waals surface area contributed by atoms with Gasteiger partial charge in [-0.1, -0.05) is 6.07 Å². The minimum Gasteiger partial charge on any atom is -0.387 e. The van der Waals surface area contributed by atoms with Gasteiger partial charge in [0.05, 0.1) is 16.7 Å². The van der Waals surface area contributed by atoms with Crippen molar-refractivity contribution in [1.82, 2.24) is 4.98 Å². The molecule has 1 atom stereocenters. The van der Waals surface area contributed by atoms with Crippen molar-refractivity contribution < 1.29 is 10.0 Å². The Morgan fingerprint density at radius 2 is 2.30 bits per heavy atom. The molecule has 0 aliphatic heterocycles. The lowest BCUT2D eigenvalue weighted by Gasteiger charge is -2.14. The Balaban J connectivity index is 2.09. The first-order valence-corrected chi connectivity index (χ1v) is 7.31. The van der Waals surface area contributed by atoms with Crippen LogP contribution in [0.2, 0.25) is 0 Å². The van der Waals surface area contributed by atoms with Gasteiger partial charge in [-0.05, 0) is 31.7 Å². The Bertz CT molecular complexity index is 681. The summed E-state index contributed by atoms with van der Waals surface area (Å²) in [6, 6.07) is 4.80. The second-order valence-electron chi connectivity index (χ2n) is 4.99. The number of non-ortho nitro benzene ring substituents is 1. The van der Waals surface area contributed by atoms with Gasteiger partial charge in [-0.15, -0.1) is 11.3 Å². The maximum atomic E-state index is 10.9. The van der Waals surface area contributed by atoms with E-state index in [0.29, 0.717) is 0 Å². The van der Waals surface area contributed by atoms with Crippen molar-refractivity contribution in [2.24, 2.45) is 0 Å². The summed E-state index contributed by atoms with van der Waals surface area (Å²) in [5, 5.41) is 21.6. The molecular formula is C14H14N2O3S. The maximum absolute atomic E-state index is 10.9. The maximum Gasteiger partial charge on any atom is 0.270 e. The predicted octanol–water partition coefficient (Wildman–Crippen LogP) is 3.40. The van der Waals surface area contributed by atoms with Crippen molar-refractivity contribution in [1.29, 1.82) is 0 Å². The monoisotopic (exact) mass is 290 g/mol. The highest BCUT2D eigenvalue weighted by Gasteiger charge is 2.24. The number of nitro benzene ring substituents is 1. The summed E-state index contributed by atoms with van der Waals surface area (Å²) in [5.74, 6) is 0. The Morgan fingerprint density at radius 1 is 1.50 bits per heavy atom. The summed E-state index contributed by atoms with van der Waals surface area (Å²) >= 11 is 1.53. The molecule has 104 valence electrons. The summed E-state index contributed by atoms with van der Waals surface area (Å²) in [5.41, 5.74) is 2.56. The molecule has 0 fully saturated rings. The van der Waals surface area contributed by atoms with Gasteiger partial charge in [0.15, 0.2) is 0 Å². The average Bonchev–Trinajstić information content (AvgIpc) is 2.84. The zero-order chi connectivity index (χ0) is 14.3. The largest absolute Gasteiger partial charge is 0.387 e. The molecule has 20 heavy (non-hydrogen) atoms. The number of rotatable bonds is 2. The number of aliphatic hydroxyl groups is 1. The summed E-state index contributed by atoms with van der Waals surface area (Å²) in [7, 11) is 0. The molecule has 1 aliphatic rings. The Hall–Kier alpha value is -1.79. The molecule has 6 heteroatoms. The molecule has 2 aromatic rings. The molecule has 0 radical (unpaired) electrons. The fourth-order valence-electron chi connectivity index (χ4n) is 2.46. The van der Waals surface area contributed by atoms with Crippen molar-refractivity contribution in [2.75, 3.05) is 0 Å². The van der Waals surface area contributed by atoms with Crippen molar-refractivity contribution in [2.45, 2.75) is 32.3 Å². The third kappa shape index (κ3) is 2.21. The molecule has 1 aliphatic carbocycles. The fourth-order valence-corrected chi connectivity index (χ4v) is 3.70. The van der Waals surface area contributed by atoms with Crippen LogP contribution in [0.1, 0.15) is 35.1 Å². The molecule has 1 aromatic carbocycles. The number of nitrogens with zero attached hydrogens (tertiary/aromatic N) is 2. The molecule has 5 nitrogen and oxygen atoms in total. The van der Waals surface area contributed by atoms with Gasteiger partial charge in [0.2, 0.25) is 0 Å². The first-order chi connectivity index (χ1) is 9.56. The van der Waals surface area contributed by atoms with Crippen LogP contribution in [0.25, 0.3) is 10.6 Å². The highest BCUT2D eigenvalue weighted by Crippen LogP contribution is 2.38. The van der Waals surface area contributed by atoms with E-state index in [1.54, 1.807) is 12.1 Å². The number of benzene rings is 1. The van der Waals surface area contributed by atoms with E-state index in [1.807, 2.05) is 6.92 Å². The van der Waals surface area contributed by atoms with E-state index in [2.05, 4.69) is 4.98 Å². The van der Waals surface area contributed by atoms with Gasteiger partial charge >= 0.3 is 0 Å². The third-order valence-electron chi connectivity index (χ3n) is 3.59. The topological polar surface area (TPSA) is 76.3 Å². The van der Waals surface area contributed by atoms with Crippen molar-refractivity contribution in [3.63, 3.8) is 0 Å². The van der Waals surface area contributed by atoms with Gasteiger partial charge in [-0.3, -0.25) is 10.1 Å². The van der Waals surface area contributed by atoms with E-state index in [4.69, 9.17) is 0 Å². The van der Waals surface area contributed by atoms with Gasteiger partial charge in [-0.2, -0.15) is 0 Å². The first-order valence-electron chi connectivity index (χ1n) is 6.49. The average molecular weight is 290 g/mol. The lowest BCUT2D eigenvalue weighted by Crippen LogP contribution is -2.07. The Labute approximate surface area is 120 Å². The fraction of sp³-hybridized carbons (Fsp3) is 0.357. The zero-order valence-corrected chi connectivity index (χ0v) is 11.8. The lowest BCUT2D eigenvalue weighted by molar-refractivity contribution is -0.384. The van der Waals surface area contributed by atoms with E-state index in [9.17, 15) is 15.2 Å². The summed E-state index contributed by atoms with van der Waals surface area (Å²) in [4.78, 5) is 16.1. The van der Waals surface area contributed by atoms with Gasteiger partial charge in [0, 0.05) is 22.6 Å². The SMILES string of the molecule is Cc1ccc([N+](=O)[O-])cc1-c1nc2c(s1)CCCC2O. The van der Waals surface area contributed by atoms with E-state index in [0.717, 1.165) is 46.0 Å². The van der Waals surface area contributed by atoms with Crippen molar-refractivity contribution in [3.05, 3.63) is 44.4 Å². The summed E-state index contributed by atoms with van der Waals surface area (Å²) in [6.07, 6.45) is 2.13. The molecule has 0 saturated carbocycles. The predicted molar refractivity (Wildman–Crippen MR) is 76.8 cm³/mol. The van der Waals surface area contributed by atoms with Gasteiger partial charge < -0.3 is 5.11 Å². The van der Waals surface area contributed by atoms with E-state index < -0.39 is 11.0 Å². The molecule has 1 heterocycles. The van der Waals surface area contributed by atoms with E-state index in [-0.39, 0.29) is 5.69 Å². The minimum atomic E-state index is -0.497. The van der Waals surface area contributed by atoms with Crippen molar-refractivity contribution in [3.8, 4) is 10.6 Å². The first kappa shape index (κ1) is 13.2. The Kier molecular flexibility index (Phi) is 3.27. The number of aromatic nitrogens is 1. The van der Waals surface area contributed by atoms with E-state index in [1.165, 1.54) is 17.4 Å². The molecule has 0 amide bonds. The summed E-state index contributed by atoms with van der Waals surface area (Å²) < 4.78 is 0. The number of fused-ring (bicyclic) bond motifs is 1. The molecule has 1 N–H and O–H groups in total. The second-order valence-corrected chi connectivity index (χ2v) is 6.08. The molecule has 0 spiro atoms. The smallest absolute Gasteiger partial charge is 0.270 e. The van der Waals surface area contributed by atoms with Crippen LogP contribution in [0.3, 0.4) is 0 Å². The normalized spacial score (nSPS) is 17.8. The molecular weight excluding hydrogens is 276 g/mol. The number of hydrogen-bond acceptors (Lipinski definition) is 5. The molecule has 1 unspecified atom stereocenters. The number of hydrogen-bond donors (Lipinski definition) is 1. The van der Waals surface area contributed by atoms with Crippen LogP contribution in [0.15, 0.2) is 18.2 Å². The van der Waals surface area contributed by atoms with Crippen LogP contribution in [0.4, 0.5) is 5.69 Å². The number of aryl methyl sites for hydroxylation is 2. The third-order valence-corrected chi connectivity index (χ3v) is 4.75. The van der Waals surface area contributed by atoms with Gasteiger partial charge in [0.25, 0.3) is 5.69 Å². The van der Waals surface area contributed by atoms with Crippen LogP contribution in [0.5, 0.6) is 0 Å². The zero-order valence-electron chi connectivity index (χ0n) is 11.0. The van der Waals surface area contributed by atoms with Crippen LogP contribution in [-0.4, -0.2) is 15.0 Å². The van der Waals surface area contributed by atoms with Gasteiger partial charge in [0.1, 0.15) is 5.01 Å². The minimum absolute atomic E-state index is 0.0688. The van der Waals surface area contributed by atoms with Crippen molar-refractivity contribution >= 4 is 17.0 Å². The highest BCUT2D eigenvalue weighted by molar-refractivity contribution is 7.15. The van der Waals surface area contributed by atoms with E-state index >= 15 is 0 Å². The number of thiazole rings is 1. The van der Waals surface area contributed by atoms with Crippen LogP contribution in [-0.2, 0) is 6.42 Å². The summed E-state index contributed by atoms with van der Waals surface area (Å²) in [6.45, 7) is 1.91. The second kappa shape index (κ2) is 4.96. The van der Waals surface area contributed by atoms with Gasteiger partial charge in [-0.25, -0.2) is 4.98 Å².